The summed E-state index contributed by atoms with van der Waals surface area (Å²) in [5.74, 6) is 1.37. The highest BCUT2D eigenvalue weighted by molar-refractivity contribution is 5.57. The Hall–Kier alpha value is -4.11. The molecule has 4 aromatic rings. The number of hydrogen-bond donors (Lipinski definition) is 0. The Bertz CT molecular complexity index is 1600. The van der Waals surface area contributed by atoms with Gasteiger partial charge in [-0.05, 0) is 125 Å². The lowest BCUT2D eigenvalue weighted by Crippen LogP contribution is -2.49. The molecule has 0 aromatic heterocycles. The van der Waals surface area contributed by atoms with Gasteiger partial charge in [0.15, 0.2) is 0 Å². The molecule has 2 unspecified atom stereocenters. The van der Waals surface area contributed by atoms with Crippen LogP contribution in [0.4, 0.5) is 8.78 Å². The number of aldehydes is 1. The minimum atomic E-state index is -0.283. The fourth-order valence-electron chi connectivity index (χ4n) is 7.12. The van der Waals surface area contributed by atoms with Crippen LogP contribution in [0.2, 0.25) is 0 Å². The van der Waals surface area contributed by atoms with Crippen LogP contribution in [0.1, 0.15) is 83.2 Å². The van der Waals surface area contributed by atoms with Gasteiger partial charge in [0.25, 0.3) is 0 Å². The molecular weight excluding hydrogens is 669 g/mol. The van der Waals surface area contributed by atoms with E-state index >= 15 is 0 Å². The van der Waals surface area contributed by atoms with Crippen LogP contribution in [-0.4, -0.2) is 71.0 Å². The summed E-state index contributed by atoms with van der Waals surface area (Å²) < 4.78 is 39.8. The molecule has 0 spiro atoms. The summed E-state index contributed by atoms with van der Waals surface area (Å²) in [6, 6.07) is 29.3. The minimum Gasteiger partial charge on any atom is -0.488 e. The number of carbonyl (C=O) groups excluding carboxylic acids is 1. The highest BCUT2D eigenvalue weighted by Gasteiger charge is 2.29. The molecule has 1 aliphatic heterocycles. The van der Waals surface area contributed by atoms with Crippen LogP contribution < -0.4 is 9.47 Å². The lowest BCUT2D eigenvalue weighted by Gasteiger charge is -2.41. The van der Waals surface area contributed by atoms with Gasteiger partial charge in [-0.1, -0.05) is 55.5 Å². The topological polar surface area (TPSA) is 45.3 Å². The van der Waals surface area contributed by atoms with E-state index in [1.165, 1.54) is 24.3 Å². The van der Waals surface area contributed by atoms with Crippen molar-refractivity contribution in [2.24, 2.45) is 5.92 Å². The van der Waals surface area contributed by atoms with Crippen molar-refractivity contribution >= 4 is 6.29 Å². The second kappa shape index (κ2) is 17.8. The molecule has 0 aliphatic carbocycles. The molecule has 1 heterocycles. The third-order valence-electron chi connectivity index (χ3n) is 9.45. The summed E-state index contributed by atoms with van der Waals surface area (Å²) in [7, 11) is 0. The highest BCUT2D eigenvalue weighted by Crippen LogP contribution is 2.31. The van der Waals surface area contributed by atoms with Crippen LogP contribution in [0, 0.1) is 17.6 Å². The number of rotatable bonds is 15. The maximum Gasteiger partial charge on any atom is 0.137 e. The van der Waals surface area contributed by atoms with Crippen LogP contribution in [0.15, 0.2) is 97.1 Å². The van der Waals surface area contributed by atoms with E-state index in [9.17, 15) is 13.6 Å². The summed E-state index contributed by atoms with van der Waals surface area (Å²) in [5.41, 5.74) is 3.64. The number of benzene rings is 4. The lowest BCUT2D eigenvalue weighted by atomic mass is 9.96. The zero-order valence-electron chi connectivity index (χ0n) is 32.5. The molecule has 0 amide bonds. The minimum absolute atomic E-state index is 0.0908. The molecule has 6 nitrogen and oxygen atoms in total. The summed E-state index contributed by atoms with van der Waals surface area (Å²) >= 11 is 0. The van der Waals surface area contributed by atoms with Crippen molar-refractivity contribution in [1.29, 1.82) is 0 Å². The SMILES string of the molecule is CC(CC(C=O)N(Cc1ccc(OC(C)(C)C)cc1)Cc1ccc(OC(C)(C)C)cc1)CN1CCN(C(c2ccc(F)cc2)c2ccc(F)cc2)CC1. The van der Waals surface area contributed by atoms with Gasteiger partial charge in [-0.15, -0.1) is 0 Å². The van der Waals surface area contributed by atoms with Gasteiger partial charge in [0.1, 0.15) is 40.6 Å². The van der Waals surface area contributed by atoms with Crippen molar-refractivity contribution in [3.63, 3.8) is 0 Å². The van der Waals surface area contributed by atoms with Gasteiger partial charge in [-0.3, -0.25) is 9.80 Å². The second-order valence-electron chi connectivity index (χ2n) is 16.5. The lowest BCUT2D eigenvalue weighted by molar-refractivity contribution is -0.113. The quantitative estimate of drug-likeness (QED) is 0.114. The van der Waals surface area contributed by atoms with Gasteiger partial charge in [0.05, 0.1) is 12.1 Å². The maximum absolute atomic E-state index is 13.8. The van der Waals surface area contributed by atoms with E-state index in [1.807, 2.05) is 90.1 Å². The van der Waals surface area contributed by atoms with Crippen molar-refractivity contribution < 1.29 is 23.0 Å². The smallest absolute Gasteiger partial charge is 0.137 e. The first-order valence-electron chi connectivity index (χ1n) is 18.9. The molecule has 8 heteroatoms. The fourth-order valence-corrected chi connectivity index (χ4v) is 7.12. The molecule has 0 saturated carbocycles. The first kappa shape index (κ1) is 40.1. The van der Waals surface area contributed by atoms with Gasteiger partial charge in [-0.25, -0.2) is 8.78 Å². The second-order valence-corrected chi connectivity index (χ2v) is 16.5. The summed E-state index contributed by atoms with van der Waals surface area (Å²) in [6.45, 7) is 19.9. The number of nitrogens with zero attached hydrogens (tertiary/aromatic N) is 3. The predicted octanol–water partition coefficient (Wildman–Crippen LogP) is 9.32. The van der Waals surface area contributed by atoms with E-state index in [2.05, 4.69) is 45.9 Å². The Kier molecular flexibility index (Phi) is 13.5. The Morgan fingerprint density at radius 1 is 0.660 bits per heavy atom. The molecule has 1 saturated heterocycles. The molecule has 5 rings (SSSR count). The summed E-state index contributed by atoms with van der Waals surface area (Å²) in [4.78, 5) is 20.0. The summed E-state index contributed by atoms with van der Waals surface area (Å²) in [6.07, 6.45) is 1.84. The Labute approximate surface area is 315 Å². The number of halogens is 2. The average molecular weight is 726 g/mol. The molecule has 1 fully saturated rings. The van der Waals surface area contributed by atoms with Crippen LogP contribution >= 0.6 is 0 Å². The van der Waals surface area contributed by atoms with Gasteiger partial charge < -0.3 is 19.2 Å². The largest absolute Gasteiger partial charge is 0.488 e. The van der Waals surface area contributed by atoms with Crippen LogP contribution in [0.25, 0.3) is 0 Å². The van der Waals surface area contributed by atoms with Gasteiger partial charge >= 0.3 is 0 Å². The number of carbonyl (C=O) groups is 1. The Morgan fingerprint density at radius 3 is 1.45 bits per heavy atom. The first-order chi connectivity index (χ1) is 25.1. The average Bonchev–Trinajstić information content (AvgIpc) is 3.10. The molecule has 53 heavy (non-hydrogen) atoms. The highest BCUT2D eigenvalue weighted by atomic mass is 19.1. The normalized spacial score (nSPS) is 15.8. The zero-order chi connectivity index (χ0) is 38.2. The molecule has 284 valence electrons. The van der Waals surface area contributed by atoms with E-state index < -0.39 is 0 Å². The van der Waals surface area contributed by atoms with Crippen LogP contribution in [-0.2, 0) is 17.9 Å². The van der Waals surface area contributed by atoms with E-state index in [4.69, 9.17) is 9.47 Å². The fraction of sp³-hybridized carbons (Fsp3) is 0.444. The molecule has 2 atom stereocenters. The van der Waals surface area contributed by atoms with Crippen LogP contribution in [0.3, 0.4) is 0 Å². The third kappa shape index (κ3) is 12.5. The van der Waals surface area contributed by atoms with Gasteiger partial charge in [0.2, 0.25) is 0 Å². The molecule has 0 bridgehead atoms. The molecular formula is C45H57F2N3O3. The standard InChI is InChI=1S/C45H57F2N3O3/c1-33(29-48-24-26-49(27-25-48)43(36-12-16-38(46)17-13-36)37-14-18-39(47)19-15-37)28-40(32-51)50(30-34-8-20-41(21-9-34)52-44(2,3)4)31-35-10-22-42(23-11-35)53-45(5,6)7/h8-23,32-33,40,43H,24-31H2,1-7H3. The van der Waals surface area contributed by atoms with E-state index in [-0.39, 0.29) is 40.8 Å². The third-order valence-corrected chi connectivity index (χ3v) is 9.45. The number of piperazine rings is 1. The molecule has 4 aromatic carbocycles. The zero-order valence-corrected chi connectivity index (χ0v) is 32.5. The van der Waals surface area contributed by atoms with Crippen molar-refractivity contribution in [3.05, 3.63) is 131 Å². The number of ether oxygens (including phenoxy) is 2. The molecule has 1 aliphatic rings. The van der Waals surface area contributed by atoms with Gasteiger partial charge in [-0.2, -0.15) is 0 Å². The van der Waals surface area contributed by atoms with E-state index in [1.54, 1.807) is 0 Å². The molecule has 0 N–H and O–H groups in total. The molecule has 0 radical (unpaired) electrons. The van der Waals surface area contributed by atoms with Crippen molar-refractivity contribution in [1.82, 2.24) is 14.7 Å². The number of hydrogen-bond acceptors (Lipinski definition) is 6. The summed E-state index contributed by atoms with van der Waals surface area (Å²) in [5, 5.41) is 0. The van der Waals surface area contributed by atoms with Crippen LogP contribution in [0.5, 0.6) is 11.5 Å². The van der Waals surface area contributed by atoms with Crippen molar-refractivity contribution in [2.75, 3.05) is 32.7 Å². The van der Waals surface area contributed by atoms with E-state index in [0.717, 1.165) is 79.2 Å². The Balaban J connectivity index is 1.25. The Morgan fingerprint density at radius 2 is 1.08 bits per heavy atom. The maximum atomic E-state index is 13.8. The monoisotopic (exact) mass is 725 g/mol. The van der Waals surface area contributed by atoms with Crippen molar-refractivity contribution in [3.8, 4) is 11.5 Å². The van der Waals surface area contributed by atoms with E-state index in [0.29, 0.717) is 13.1 Å². The first-order valence-corrected chi connectivity index (χ1v) is 18.9. The van der Waals surface area contributed by atoms with Crippen molar-refractivity contribution in [2.45, 2.75) is 91.3 Å². The van der Waals surface area contributed by atoms with Gasteiger partial charge in [0, 0.05) is 45.8 Å². The predicted molar refractivity (Wildman–Crippen MR) is 209 cm³/mol.